The van der Waals surface area contributed by atoms with Crippen molar-refractivity contribution in [1.82, 2.24) is 0 Å². The van der Waals surface area contributed by atoms with Gasteiger partial charge in [0.1, 0.15) is 0 Å². The van der Waals surface area contributed by atoms with Gasteiger partial charge in [0.2, 0.25) is 0 Å². The Morgan fingerprint density at radius 1 is 0.588 bits per heavy atom. The molecule has 0 radical (unpaired) electrons. The van der Waals surface area contributed by atoms with Crippen molar-refractivity contribution < 1.29 is 0 Å². The van der Waals surface area contributed by atoms with Crippen molar-refractivity contribution in [1.29, 1.82) is 0 Å². The van der Waals surface area contributed by atoms with Gasteiger partial charge in [-0.25, -0.2) is 0 Å². The van der Waals surface area contributed by atoms with Gasteiger partial charge in [0.05, 0.1) is 5.54 Å². The van der Waals surface area contributed by atoms with E-state index in [9.17, 15) is 0 Å². The van der Waals surface area contributed by atoms with E-state index in [0.29, 0.717) is 0 Å². The molecule has 0 fully saturated rings. The van der Waals surface area contributed by atoms with Crippen molar-refractivity contribution in [3.8, 4) is 22.3 Å². The first kappa shape index (κ1) is 30.5. The highest BCUT2D eigenvalue weighted by Gasteiger charge is 2.48. The van der Waals surface area contributed by atoms with E-state index in [2.05, 4.69) is 190 Å². The minimum Gasteiger partial charge on any atom is -0.331 e. The molecule has 0 amide bonds. The number of benzene rings is 5. The SMILES string of the molecule is CC1(C)c2ccccc2-c2ccc(N(C3=CC4c5ccccc5N(C5=CCCC=C5)C4(C)C=C3)c3ccc4c(c3)C(C)(C)c3ccccc3-4)cc21. The summed E-state index contributed by atoms with van der Waals surface area (Å²) in [6.45, 7) is 11.9. The zero-order valence-electron chi connectivity index (χ0n) is 30.2. The molecule has 0 saturated heterocycles. The molecule has 2 nitrogen and oxygen atoms in total. The zero-order valence-corrected chi connectivity index (χ0v) is 30.2. The first-order chi connectivity index (χ1) is 24.7. The third-order valence-corrected chi connectivity index (χ3v) is 12.7. The van der Waals surface area contributed by atoms with Crippen molar-refractivity contribution in [3.05, 3.63) is 185 Å². The topological polar surface area (TPSA) is 6.48 Å². The number of hydrogen-bond donors (Lipinski definition) is 0. The standard InChI is InChI=1S/C49H44N2/c1-47(2)41-20-12-9-17-36(41)38-25-23-33(29-43(38)47)50(34-24-26-39-37-18-10-13-21-42(37)48(3,4)44(39)30-34)35-27-28-49(5)45(31-35)40-19-11-14-22-46(40)51(49)32-15-7-6-8-16-32/h7,9-31,45H,6,8H2,1-5H3. The van der Waals surface area contributed by atoms with Crippen LogP contribution in [0.15, 0.2) is 157 Å². The Labute approximate surface area is 302 Å². The maximum atomic E-state index is 2.58. The van der Waals surface area contributed by atoms with Gasteiger partial charge in [-0.1, -0.05) is 131 Å². The van der Waals surface area contributed by atoms with Crippen LogP contribution in [-0.4, -0.2) is 5.54 Å². The Morgan fingerprint density at radius 3 is 1.76 bits per heavy atom. The molecule has 4 aliphatic carbocycles. The Morgan fingerprint density at radius 2 is 1.16 bits per heavy atom. The number of allylic oxidation sites excluding steroid dienone is 4. The maximum absolute atomic E-state index is 2.58. The van der Waals surface area contributed by atoms with E-state index < -0.39 is 0 Å². The predicted octanol–water partition coefficient (Wildman–Crippen LogP) is 12.5. The van der Waals surface area contributed by atoms with Crippen LogP contribution in [0.25, 0.3) is 22.3 Å². The summed E-state index contributed by atoms with van der Waals surface area (Å²) in [5.74, 6) is 0.192. The van der Waals surface area contributed by atoms with E-state index >= 15 is 0 Å². The van der Waals surface area contributed by atoms with Crippen LogP contribution in [0.1, 0.15) is 81.2 Å². The molecule has 1 aliphatic heterocycles. The van der Waals surface area contributed by atoms with Crippen molar-refractivity contribution in [2.24, 2.45) is 0 Å². The molecule has 0 N–H and O–H groups in total. The molecule has 1 heterocycles. The molecule has 0 bridgehead atoms. The number of fused-ring (bicyclic) bond motifs is 9. The van der Waals surface area contributed by atoms with Crippen LogP contribution in [0.5, 0.6) is 0 Å². The van der Waals surface area contributed by atoms with Crippen molar-refractivity contribution in [2.75, 3.05) is 9.80 Å². The van der Waals surface area contributed by atoms with Gasteiger partial charge >= 0.3 is 0 Å². The number of nitrogens with zero attached hydrogens (tertiary/aromatic N) is 2. The average Bonchev–Trinajstić information content (AvgIpc) is 3.65. The molecule has 2 atom stereocenters. The molecule has 2 unspecified atom stereocenters. The van der Waals surface area contributed by atoms with Crippen LogP contribution in [0, 0.1) is 0 Å². The highest BCUT2D eigenvalue weighted by atomic mass is 15.2. The normalized spacial score (nSPS) is 22.3. The van der Waals surface area contributed by atoms with E-state index in [1.54, 1.807) is 0 Å². The number of rotatable bonds is 4. The summed E-state index contributed by atoms with van der Waals surface area (Å²) in [7, 11) is 0. The number of anilines is 3. The lowest BCUT2D eigenvalue weighted by atomic mass is 9.79. The quantitative estimate of drug-likeness (QED) is 0.189. The van der Waals surface area contributed by atoms with E-state index in [1.807, 2.05) is 0 Å². The van der Waals surface area contributed by atoms with Crippen LogP contribution in [0.2, 0.25) is 0 Å². The van der Waals surface area contributed by atoms with Gasteiger partial charge in [-0.15, -0.1) is 0 Å². The van der Waals surface area contributed by atoms with Gasteiger partial charge in [0.15, 0.2) is 0 Å². The van der Waals surface area contributed by atoms with Gasteiger partial charge < -0.3 is 9.80 Å². The van der Waals surface area contributed by atoms with E-state index in [4.69, 9.17) is 0 Å². The summed E-state index contributed by atoms with van der Waals surface area (Å²) >= 11 is 0. The highest BCUT2D eigenvalue weighted by Crippen LogP contribution is 2.56. The van der Waals surface area contributed by atoms with Gasteiger partial charge in [-0.3, -0.25) is 0 Å². The molecule has 250 valence electrons. The fourth-order valence-corrected chi connectivity index (χ4v) is 10.0. The fourth-order valence-electron chi connectivity index (χ4n) is 10.0. The molecule has 5 aliphatic rings. The summed E-state index contributed by atoms with van der Waals surface area (Å²) in [5, 5.41) is 0. The first-order valence-electron chi connectivity index (χ1n) is 18.6. The van der Waals surface area contributed by atoms with Crippen molar-refractivity contribution >= 4 is 17.1 Å². The van der Waals surface area contributed by atoms with E-state index in [-0.39, 0.29) is 22.3 Å². The lowest BCUT2D eigenvalue weighted by Gasteiger charge is -2.42. The Bertz CT molecular complexity index is 2310. The first-order valence-corrected chi connectivity index (χ1v) is 18.6. The van der Waals surface area contributed by atoms with Gasteiger partial charge in [0, 0.05) is 45.2 Å². The minimum atomic E-state index is -0.213. The monoisotopic (exact) mass is 660 g/mol. The smallest absolute Gasteiger partial charge is 0.0713 e. The third kappa shape index (κ3) is 4.17. The van der Waals surface area contributed by atoms with E-state index in [1.165, 1.54) is 78.5 Å². The van der Waals surface area contributed by atoms with Crippen molar-refractivity contribution in [3.63, 3.8) is 0 Å². The van der Waals surface area contributed by atoms with Gasteiger partial charge in [-0.05, 0) is 112 Å². The molecule has 2 heteroatoms. The number of hydrogen-bond acceptors (Lipinski definition) is 2. The zero-order chi connectivity index (χ0) is 34.7. The Kier molecular flexibility index (Phi) is 6.33. The van der Waals surface area contributed by atoms with E-state index in [0.717, 1.165) is 12.8 Å². The van der Waals surface area contributed by atoms with Crippen LogP contribution in [0.3, 0.4) is 0 Å². The third-order valence-electron chi connectivity index (χ3n) is 12.7. The minimum absolute atomic E-state index is 0.0866. The van der Waals surface area contributed by atoms with Crippen LogP contribution < -0.4 is 9.80 Å². The highest BCUT2D eigenvalue weighted by molar-refractivity contribution is 5.87. The Hall–Kier alpha value is -5.34. The largest absolute Gasteiger partial charge is 0.331 e. The molecule has 5 aromatic carbocycles. The summed E-state index contributed by atoms with van der Waals surface area (Å²) in [5.41, 5.74) is 18.2. The lowest BCUT2D eigenvalue weighted by molar-refractivity contribution is 0.526. The summed E-state index contributed by atoms with van der Waals surface area (Å²) in [6.07, 6.45) is 16.7. The molecular formula is C49H44N2. The Balaban J connectivity index is 1.16. The summed E-state index contributed by atoms with van der Waals surface area (Å²) in [4.78, 5) is 5.11. The molecule has 10 rings (SSSR count). The van der Waals surface area contributed by atoms with Crippen molar-refractivity contribution in [2.45, 2.75) is 69.7 Å². The second-order valence-corrected chi connectivity index (χ2v) is 16.3. The second-order valence-electron chi connectivity index (χ2n) is 16.3. The molecule has 0 aromatic heterocycles. The van der Waals surface area contributed by atoms with Crippen LogP contribution in [-0.2, 0) is 10.8 Å². The van der Waals surface area contributed by atoms with Gasteiger partial charge in [-0.2, -0.15) is 0 Å². The molecule has 5 aromatic rings. The maximum Gasteiger partial charge on any atom is 0.0713 e. The lowest BCUT2D eigenvalue weighted by Crippen LogP contribution is -2.45. The molecule has 0 saturated carbocycles. The molecule has 0 spiro atoms. The van der Waals surface area contributed by atoms with Crippen LogP contribution >= 0.6 is 0 Å². The number of para-hydroxylation sites is 1. The summed E-state index contributed by atoms with van der Waals surface area (Å²) in [6, 6.07) is 41.3. The average molecular weight is 661 g/mol. The molecular weight excluding hydrogens is 617 g/mol. The summed E-state index contributed by atoms with van der Waals surface area (Å²) < 4.78 is 0. The predicted molar refractivity (Wildman–Crippen MR) is 214 cm³/mol. The molecule has 51 heavy (non-hydrogen) atoms. The van der Waals surface area contributed by atoms with Crippen LogP contribution in [0.4, 0.5) is 17.1 Å². The fraction of sp³-hybridized carbons (Fsp3) is 0.224. The van der Waals surface area contributed by atoms with Gasteiger partial charge in [0.25, 0.3) is 0 Å². The second kappa shape index (κ2) is 10.6.